The molecule has 2 aromatic heterocycles. The third-order valence-corrected chi connectivity index (χ3v) is 4.48. The number of nitrogens with one attached hydrogen (secondary N) is 1. The predicted molar refractivity (Wildman–Crippen MR) is 86.4 cm³/mol. The molecule has 4 heteroatoms. The van der Waals surface area contributed by atoms with E-state index >= 15 is 0 Å². The Bertz CT molecular complexity index is 556. The highest BCUT2D eigenvalue weighted by Gasteiger charge is 2.32. The van der Waals surface area contributed by atoms with Gasteiger partial charge in [0, 0.05) is 25.0 Å². The van der Waals surface area contributed by atoms with Crippen LogP contribution in [-0.2, 0) is 0 Å². The van der Waals surface area contributed by atoms with Crippen molar-refractivity contribution in [3.05, 3.63) is 36.3 Å². The molecule has 114 valence electrons. The highest BCUT2D eigenvalue weighted by atomic mass is 15.2. The molecule has 3 heterocycles. The van der Waals surface area contributed by atoms with E-state index in [1.54, 1.807) is 0 Å². The van der Waals surface area contributed by atoms with Crippen molar-refractivity contribution in [3.8, 4) is 0 Å². The lowest BCUT2D eigenvalue weighted by atomic mass is 9.87. The zero-order valence-electron chi connectivity index (χ0n) is 13.3. The van der Waals surface area contributed by atoms with Crippen molar-refractivity contribution in [1.82, 2.24) is 19.6 Å². The molecule has 1 N–H and O–H groups in total. The van der Waals surface area contributed by atoms with Crippen molar-refractivity contribution in [1.29, 1.82) is 0 Å². The van der Waals surface area contributed by atoms with Crippen LogP contribution in [0.2, 0.25) is 0 Å². The van der Waals surface area contributed by atoms with Crippen molar-refractivity contribution in [2.45, 2.75) is 38.8 Å². The minimum Gasteiger partial charge on any atom is -0.314 e. The molecule has 1 aliphatic rings. The van der Waals surface area contributed by atoms with Crippen molar-refractivity contribution in [2.75, 3.05) is 20.1 Å². The second kappa shape index (κ2) is 6.16. The van der Waals surface area contributed by atoms with E-state index in [0.717, 1.165) is 18.7 Å². The number of aromatic nitrogens is 2. The molecule has 0 aromatic carbocycles. The van der Waals surface area contributed by atoms with Gasteiger partial charge >= 0.3 is 0 Å². The summed E-state index contributed by atoms with van der Waals surface area (Å²) in [5.41, 5.74) is 2.25. The number of pyridine rings is 1. The van der Waals surface area contributed by atoms with Crippen molar-refractivity contribution < 1.29 is 0 Å². The zero-order valence-corrected chi connectivity index (χ0v) is 13.3. The van der Waals surface area contributed by atoms with E-state index in [1.165, 1.54) is 18.5 Å². The van der Waals surface area contributed by atoms with Crippen LogP contribution in [0.3, 0.4) is 0 Å². The molecule has 0 aliphatic carbocycles. The molecule has 1 saturated heterocycles. The van der Waals surface area contributed by atoms with Crippen molar-refractivity contribution in [2.24, 2.45) is 5.92 Å². The Kier molecular flexibility index (Phi) is 4.27. The van der Waals surface area contributed by atoms with Gasteiger partial charge in [-0.2, -0.15) is 0 Å². The summed E-state index contributed by atoms with van der Waals surface area (Å²) in [5, 5.41) is 3.61. The van der Waals surface area contributed by atoms with Gasteiger partial charge in [0.2, 0.25) is 0 Å². The fourth-order valence-electron chi connectivity index (χ4n) is 3.42. The molecule has 1 fully saturated rings. The number of nitrogens with zero attached hydrogens (tertiary/aromatic N) is 3. The zero-order chi connectivity index (χ0) is 14.8. The minimum absolute atomic E-state index is 0.421. The number of piperidine rings is 1. The molecule has 0 saturated carbocycles. The third kappa shape index (κ3) is 3.11. The summed E-state index contributed by atoms with van der Waals surface area (Å²) >= 11 is 0. The monoisotopic (exact) mass is 286 g/mol. The van der Waals surface area contributed by atoms with Crippen LogP contribution in [0.4, 0.5) is 0 Å². The van der Waals surface area contributed by atoms with Crippen LogP contribution >= 0.6 is 0 Å². The Morgan fingerprint density at radius 1 is 1.38 bits per heavy atom. The summed E-state index contributed by atoms with van der Waals surface area (Å²) in [6.07, 6.45) is 6.84. The molecule has 0 bridgehead atoms. The number of rotatable bonds is 4. The smallest absolute Gasteiger partial charge is 0.137 e. The number of hydrogen-bond donors (Lipinski definition) is 1. The quantitative estimate of drug-likeness (QED) is 0.938. The van der Waals surface area contributed by atoms with Crippen molar-refractivity contribution >= 4 is 5.65 Å². The van der Waals surface area contributed by atoms with E-state index in [9.17, 15) is 0 Å². The van der Waals surface area contributed by atoms with Crippen LogP contribution < -0.4 is 5.32 Å². The van der Waals surface area contributed by atoms with Gasteiger partial charge in [0.25, 0.3) is 0 Å². The molecular formula is C17H26N4. The maximum absolute atomic E-state index is 4.86. The topological polar surface area (TPSA) is 32.6 Å². The van der Waals surface area contributed by atoms with Crippen LogP contribution in [0.15, 0.2) is 30.6 Å². The lowest BCUT2D eigenvalue weighted by Crippen LogP contribution is -2.42. The third-order valence-electron chi connectivity index (χ3n) is 4.48. The summed E-state index contributed by atoms with van der Waals surface area (Å²) in [7, 11) is 2.23. The molecule has 0 spiro atoms. The van der Waals surface area contributed by atoms with Gasteiger partial charge in [0.1, 0.15) is 5.65 Å². The normalized spacial score (nSPS) is 24.0. The fraction of sp³-hybridized carbons (Fsp3) is 0.588. The molecule has 2 aromatic rings. The Labute approximate surface area is 127 Å². The first kappa shape index (κ1) is 14.5. The molecule has 0 amide bonds. The maximum atomic E-state index is 4.86. The largest absolute Gasteiger partial charge is 0.314 e. The number of likely N-dealkylation sites (tertiary alicyclic amines) is 1. The highest BCUT2D eigenvalue weighted by molar-refractivity contribution is 5.40. The predicted octanol–water partition coefficient (Wildman–Crippen LogP) is 2.72. The summed E-state index contributed by atoms with van der Waals surface area (Å²) in [6, 6.07) is 7.15. The Hall–Kier alpha value is -1.39. The Morgan fingerprint density at radius 3 is 3.00 bits per heavy atom. The molecule has 2 unspecified atom stereocenters. The van der Waals surface area contributed by atoms with E-state index in [2.05, 4.69) is 66.1 Å². The van der Waals surface area contributed by atoms with E-state index in [4.69, 9.17) is 4.98 Å². The first-order valence-electron chi connectivity index (χ1n) is 8.02. The average molecular weight is 286 g/mol. The molecular weight excluding hydrogens is 260 g/mol. The first-order chi connectivity index (χ1) is 10.1. The maximum Gasteiger partial charge on any atom is 0.137 e. The highest BCUT2D eigenvalue weighted by Crippen LogP contribution is 2.34. The van der Waals surface area contributed by atoms with Gasteiger partial charge in [-0.15, -0.1) is 0 Å². The lowest BCUT2D eigenvalue weighted by Gasteiger charge is -2.38. The molecule has 2 atom stereocenters. The van der Waals surface area contributed by atoms with Crippen LogP contribution in [0.1, 0.15) is 38.4 Å². The van der Waals surface area contributed by atoms with Crippen LogP contribution in [0.25, 0.3) is 5.65 Å². The molecule has 21 heavy (non-hydrogen) atoms. The van der Waals surface area contributed by atoms with Crippen LogP contribution in [0.5, 0.6) is 0 Å². The second-order valence-corrected chi connectivity index (χ2v) is 6.52. The first-order valence-corrected chi connectivity index (χ1v) is 8.02. The van der Waals surface area contributed by atoms with Crippen LogP contribution in [-0.4, -0.2) is 40.5 Å². The fourth-order valence-corrected chi connectivity index (χ4v) is 3.42. The Morgan fingerprint density at radius 2 is 2.24 bits per heavy atom. The van der Waals surface area contributed by atoms with E-state index in [0.29, 0.717) is 18.0 Å². The molecule has 0 radical (unpaired) electrons. The number of fused-ring (bicyclic) bond motifs is 1. The molecule has 3 rings (SSSR count). The van der Waals surface area contributed by atoms with E-state index < -0.39 is 0 Å². The lowest BCUT2D eigenvalue weighted by molar-refractivity contribution is 0.115. The van der Waals surface area contributed by atoms with E-state index in [1.807, 2.05) is 0 Å². The van der Waals surface area contributed by atoms with Gasteiger partial charge < -0.3 is 9.72 Å². The van der Waals surface area contributed by atoms with Gasteiger partial charge in [-0.1, -0.05) is 19.9 Å². The van der Waals surface area contributed by atoms with Gasteiger partial charge in [0.05, 0.1) is 11.7 Å². The summed E-state index contributed by atoms with van der Waals surface area (Å²) in [6.45, 7) is 6.66. The molecule has 4 nitrogen and oxygen atoms in total. The minimum atomic E-state index is 0.421. The number of hydrogen-bond acceptors (Lipinski definition) is 3. The second-order valence-electron chi connectivity index (χ2n) is 6.52. The van der Waals surface area contributed by atoms with Crippen molar-refractivity contribution in [3.63, 3.8) is 0 Å². The van der Waals surface area contributed by atoms with Crippen LogP contribution in [0, 0.1) is 5.92 Å². The Balaban J connectivity index is 1.87. The average Bonchev–Trinajstić information content (AvgIpc) is 2.88. The number of imidazole rings is 1. The van der Waals surface area contributed by atoms with E-state index in [-0.39, 0.29) is 0 Å². The summed E-state index contributed by atoms with van der Waals surface area (Å²) < 4.78 is 2.13. The van der Waals surface area contributed by atoms with Gasteiger partial charge in [-0.3, -0.25) is 4.90 Å². The van der Waals surface area contributed by atoms with Gasteiger partial charge in [-0.05, 0) is 44.5 Å². The summed E-state index contributed by atoms with van der Waals surface area (Å²) in [5.74, 6) is 0.635. The standard InChI is InChI=1S/C17H26N4/c1-13(2)18-11-14-7-6-9-20(3)17(14)15-12-21-10-5-4-8-16(21)19-15/h4-5,8,10,12-14,17-18H,6-7,9,11H2,1-3H3. The molecule has 1 aliphatic heterocycles. The van der Waals surface area contributed by atoms with Gasteiger partial charge in [-0.25, -0.2) is 4.98 Å². The SMILES string of the molecule is CC(C)NCC1CCCN(C)C1c1cn2ccccc2n1. The summed E-state index contributed by atoms with van der Waals surface area (Å²) in [4.78, 5) is 7.33. The van der Waals surface area contributed by atoms with Gasteiger partial charge in [0.15, 0.2) is 0 Å².